The summed E-state index contributed by atoms with van der Waals surface area (Å²) in [6, 6.07) is 8.25. The maximum atomic E-state index is 11.0. The van der Waals surface area contributed by atoms with Crippen LogP contribution >= 0.6 is 15.9 Å². The number of benzene rings is 1. The third kappa shape index (κ3) is 3.31. The molecule has 1 rings (SSSR count). The van der Waals surface area contributed by atoms with E-state index in [4.69, 9.17) is 0 Å². The van der Waals surface area contributed by atoms with Gasteiger partial charge in [-0.3, -0.25) is 4.79 Å². The molecule has 0 aliphatic heterocycles. The zero-order chi connectivity index (χ0) is 9.84. The number of rotatable bonds is 3. The average molecular weight is 241 g/mol. The maximum absolute atomic E-state index is 11.0. The van der Waals surface area contributed by atoms with Crippen LogP contribution < -0.4 is 0 Å². The highest BCUT2D eigenvalue weighted by Crippen LogP contribution is 2.11. The summed E-state index contributed by atoms with van der Waals surface area (Å²) in [6.07, 6.45) is 0.773. The van der Waals surface area contributed by atoms with Crippen molar-refractivity contribution in [3.05, 3.63) is 35.4 Å². The third-order valence-electron chi connectivity index (χ3n) is 1.98. The van der Waals surface area contributed by atoms with Crippen LogP contribution in [0.3, 0.4) is 0 Å². The lowest BCUT2D eigenvalue weighted by Gasteiger charge is -2.05. The van der Waals surface area contributed by atoms with Crippen molar-refractivity contribution in [2.75, 3.05) is 0 Å². The Hall–Kier alpha value is -0.630. The van der Waals surface area contributed by atoms with E-state index < -0.39 is 0 Å². The van der Waals surface area contributed by atoms with E-state index in [1.807, 2.05) is 0 Å². The minimum Gasteiger partial charge on any atom is -0.299 e. The second kappa shape index (κ2) is 4.56. The first-order chi connectivity index (χ1) is 6.09. The predicted molar refractivity (Wildman–Crippen MR) is 58.3 cm³/mol. The summed E-state index contributed by atoms with van der Waals surface area (Å²) in [5.74, 6) is 0.181. The van der Waals surface area contributed by atoms with E-state index in [0.717, 1.165) is 6.42 Å². The zero-order valence-electron chi connectivity index (χ0n) is 7.88. The van der Waals surface area contributed by atoms with Crippen LogP contribution in [0.1, 0.15) is 18.1 Å². The van der Waals surface area contributed by atoms with E-state index in [1.165, 1.54) is 11.1 Å². The molecule has 0 N–H and O–H groups in total. The fraction of sp³-hybridized carbons (Fsp3) is 0.364. The molecular formula is C11H13BrO. The SMILES string of the molecule is CC(=O)C(Br)Cc1ccc(C)cc1. The van der Waals surface area contributed by atoms with Gasteiger partial charge >= 0.3 is 0 Å². The summed E-state index contributed by atoms with van der Waals surface area (Å²) < 4.78 is 0. The third-order valence-corrected chi connectivity index (χ3v) is 2.95. The Bertz CT molecular complexity index is 289. The van der Waals surface area contributed by atoms with Crippen LogP contribution in [-0.4, -0.2) is 10.6 Å². The molecule has 0 saturated heterocycles. The lowest BCUT2D eigenvalue weighted by atomic mass is 10.1. The molecule has 0 aliphatic carbocycles. The van der Waals surface area contributed by atoms with Gasteiger partial charge in [0, 0.05) is 0 Å². The van der Waals surface area contributed by atoms with E-state index in [1.54, 1.807) is 6.92 Å². The van der Waals surface area contributed by atoms with Crippen molar-refractivity contribution >= 4 is 21.7 Å². The van der Waals surface area contributed by atoms with E-state index >= 15 is 0 Å². The predicted octanol–water partition coefficient (Wildman–Crippen LogP) is 2.89. The van der Waals surface area contributed by atoms with E-state index in [-0.39, 0.29) is 10.6 Å². The van der Waals surface area contributed by atoms with Gasteiger partial charge in [-0.2, -0.15) is 0 Å². The van der Waals surface area contributed by atoms with Crippen molar-refractivity contribution in [3.8, 4) is 0 Å². The number of aryl methyl sites for hydroxylation is 1. The number of carbonyl (C=O) groups excluding carboxylic acids is 1. The van der Waals surface area contributed by atoms with Gasteiger partial charge in [-0.25, -0.2) is 0 Å². The Kier molecular flexibility index (Phi) is 3.67. The fourth-order valence-corrected chi connectivity index (χ4v) is 1.45. The van der Waals surface area contributed by atoms with Gasteiger partial charge in [0.25, 0.3) is 0 Å². The van der Waals surface area contributed by atoms with Crippen LogP contribution in [0.4, 0.5) is 0 Å². The quantitative estimate of drug-likeness (QED) is 0.743. The van der Waals surface area contributed by atoms with E-state index in [9.17, 15) is 4.79 Å². The lowest BCUT2D eigenvalue weighted by Crippen LogP contribution is -2.12. The van der Waals surface area contributed by atoms with Gasteiger partial charge in [-0.15, -0.1) is 0 Å². The van der Waals surface area contributed by atoms with E-state index in [0.29, 0.717) is 0 Å². The minimum absolute atomic E-state index is 0.0461. The van der Waals surface area contributed by atoms with Crippen molar-refractivity contribution in [3.63, 3.8) is 0 Å². The molecule has 1 aromatic rings. The summed E-state index contributed by atoms with van der Waals surface area (Å²) in [4.78, 5) is 10.9. The fourth-order valence-electron chi connectivity index (χ4n) is 1.07. The second-order valence-corrected chi connectivity index (χ2v) is 4.37. The summed E-state index contributed by atoms with van der Waals surface area (Å²) in [5, 5.41) is 0. The smallest absolute Gasteiger partial charge is 0.143 e. The molecule has 1 aromatic carbocycles. The molecule has 0 amide bonds. The zero-order valence-corrected chi connectivity index (χ0v) is 9.47. The largest absolute Gasteiger partial charge is 0.299 e. The molecule has 70 valence electrons. The van der Waals surface area contributed by atoms with Crippen LogP contribution in [-0.2, 0) is 11.2 Å². The maximum Gasteiger partial charge on any atom is 0.143 e. The Morgan fingerprint density at radius 2 is 1.92 bits per heavy atom. The number of hydrogen-bond donors (Lipinski definition) is 0. The monoisotopic (exact) mass is 240 g/mol. The van der Waals surface area contributed by atoms with Crippen molar-refractivity contribution < 1.29 is 4.79 Å². The molecular weight excluding hydrogens is 228 g/mol. The number of alkyl halides is 1. The van der Waals surface area contributed by atoms with Crippen LogP contribution in [0.5, 0.6) is 0 Å². The van der Waals surface area contributed by atoms with Gasteiger partial charge in [0.2, 0.25) is 0 Å². The van der Waals surface area contributed by atoms with Crippen LogP contribution in [0.2, 0.25) is 0 Å². The molecule has 1 atom stereocenters. The highest BCUT2D eigenvalue weighted by atomic mass is 79.9. The number of ketones is 1. The van der Waals surface area contributed by atoms with Crippen LogP contribution in [0.25, 0.3) is 0 Å². The summed E-state index contributed by atoms with van der Waals surface area (Å²) in [6.45, 7) is 3.66. The van der Waals surface area contributed by atoms with Crippen LogP contribution in [0, 0.1) is 6.92 Å². The Labute approximate surface area is 87.3 Å². The molecule has 13 heavy (non-hydrogen) atoms. The number of Topliss-reactive ketones (excluding diaryl/α,β-unsaturated/α-hetero) is 1. The molecule has 1 nitrogen and oxygen atoms in total. The molecule has 0 radical (unpaired) electrons. The summed E-state index contributed by atoms with van der Waals surface area (Å²) in [7, 11) is 0. The van der Waals surface area contributed by atoms with Gasteiger partial charge in [-0.1, -0.05) is 45.8 Å². The van der Waals surface area contributed by atoms with Crippen molar-refractivity contribution in [2.45, 2.75) is 25.1 Å². The van der Waals surface area contributed by atoms with Gasteiger partial charge in [0.15, 0.2) is 0 Å². The summed E-state index contributed by atoms with van der Waals surface area (Å²) >= 11 is 3.35. The molecule has 0 aromatic heterocycles. The Balaban J connectivity index is 2.64. The normalized spacial score (nSPS) is 12.5. The first-order valence-corrected chi connectivity index (χ1v) is 5.21. The highest BCUT2D eigenvalue weighted by molar-refractivity contribution is 9.10. The van der Waals surface area contributed by atoms with Crippen LogP contribution in [0.15, 0.2) is 24.3 Å². The Morgan fingerprint density at radius 1 is 1.38 bits per heavy atom. The van der Waals surface area contributed by atoms with Crippen molar-refractivity contribution in [2.24, 2.45) is 0 Å². The number of halogens is 1. The first-order valence-electron chi connectivity index (χ1n) is 4.29. The topological polar surface area (TPSA) is 17.1 Å². The average Bonchev–Trinajstić information content (AvgIpc) is 2.08. The second-order valence-electron chi connectivity index (χ2n) is 3.27. The molecule has 0 spiro atoms. The highest BCUT2D eigenvalue weighted by Gasteiger charge is 2.09. The molecule has 1 unspecified atom stereocenters. The van der Waals surface area contributed by atoms with Crippen molar-refractivity contribution in [1.82, 2.24) is 0 Å². The minimum atomic E-state index is -0.0461. The van der Waals surface area contributed by atoms with Crippen molar-refractivity contribution in [1.29, 1.82) is 0 Å². The van der Waals surface area contributed by atoms with Gasteiger partial charge in [0.1, 0.15) is 5.78 Å². The Morgan fingerprint density at radius 3 is 2.38 bits per heavy atom. The first kappa shape index (κ1) is 10.5. The number of hydrogen-bond acceptors (Lipinski definition) is 1. The standard InChI is InChI=1S/C11H13BrO/c1-8-3-5-10(6-4-8)7-11(12)9(2)13/h3-6,11H,7H2,1-2H3. The molecule has 0 saturated carbocycles. The van der Waals surface area contributed by atoms with Gasteiger partial charge in [-0.05, 0) is 25.8 Å². The molecule has 0 heterocycles. The molecule has 2 heteroatoms. The molecule has 0 aliphatic rings. The lowest BCUT2D eigenvalue weighted by molar-refractivity contribution is -0.116. The van der Waals surface area contributed by atoms with E-state index in [2.05, 4.69) is 47.1 Å². The summed E-state index contributed by atoms with van der Waals surface area (Å²) in [5.41, 5.74) is 2.44. The molecule has 0 bridgehead atoms. The van der Waals surface area contributed by atoms with Gasteiger partial charge < -0.3 is 0 Å². The number of carbonyl (C=O) groups is 1. The molecule has 0 fully saturated rings. The van der Waals surface area contributed by atoms with Gasteiger partial charge in [0.05, 0.1) is 4.83 Å².